The molecule has 144 valence electrons. The zero-order valence-corrected chi connectivity index (χ0v) is 16.8. The molecule has 2 aromatic rings. The molecule has 1 saturated heterocycles. The van der Waals surface area contributed by atoms with E-state index in [1.165, 1.54) is 5.01 Å². The summed E-state index contributed by atoms with van der Waals surface area (Å²) in [5, 5.41) is 9.95. The predicted molar refractivity (Wildman–Crippen MR) is 111 cm³/mol. The van der Waals surface area contributed by atoms with Gasteiger partial charge in [0.2, 0.25) is 5.91 Å². The number of aromatic nitrogens is 1. The first-order valence-corrected chi connectivity index (χ1v) is 10.3. The van der Waals surface area contributed by atoms with Gasteiger partial charge in [-0.15, -0.1) is 11.3 Å². The minimum atomic E-state index is 0.221. The lowest BCUT2D eigenvalue weighted by molar-refractivity contribution is -0.117. The van der Waals surface area contributed by atoms with E-state index in [-0.39, 0.29) is 5.91 Å². The van der Waals surface area contributed by atoms with Crippen molar-refractivity contribution in [2.75, 3.05) is 25.0 Å². The molecule has 0 saturated carbocycles. The lowest BCUT2D eigenvalue weighted by Crippen LogP contribution is -2.37. The van der Waals surface area contributed by atoms with Crippen LogP contribution in [-0.4, -0.2) is 37.0 Å². The number of thiazole rings is 1. The van der Waals surface area contributed by atoms with Gasteiger partial charge in [0.15, 0.2) is 5.96 Å². The Kier molecular flexibility index (Phi) is 6.81. The molecule has 1 aromatic carbocycles. The number of hydrogen-bond acceptors (Lipinski definition) is 4. The maximum atomic E-state index is 11.8. The molecule has 0 unspecified atom stereocenters. The van der Waals surface area contributed by atoms with Gasteiger partial charge in [0.05, 0.1) is 5.01 Å². The monoisotopic (exact) mass is 385 g/mol. The molecule has 3 rings (SSSR count). The van der Waals surface area contributed by atoms with E-state index in [0.717, 1.165) is 55.3 Å². The van der Waals surface area contributed by atoms with Crippen molar-refractivity contribution in [3.63, 3.8) is 0 Å². The first-order chi connectivity index (χ1) is 13.2. The van der Waals surface area contributed by atoms with Crippen LogP contribution in [0, 0.1) is 6.92 Å². The van der Waals surface area contributed by atoms with Crippen molar-refractivity contribution in [1.82, 2.24) is 15.6 Å². The van der Waals surface area contributed by atoms with Gasteiger partial charge in [0, 0.05) is 56.3 Å². The number of rotatable bonds is 7. The fourth-order valence-corrected chi connectivity index (χ4v) is 3.90. The van der Waals surface area contributed by atoms with Gasteiger partial charge in [-0.25, -0.2) is 4.98 Å². The normalized spacial score (nSPS) is 14.7. The van der Waals surface area contributed by atoms with Gasteiger partial charge in [-0.2, -0.15) is 0 Å². The minimum Gasteiger partial charge on any atom is -0.356 e. The van der Waals surface area contributed by atoms with Crippen LogP contribution in [0.4, 0.5) is 5.69 Å². The highest BCUT2D eigenvalue weighted by atomic mass is 32.1. The molecule has 0 aliphatic carbocycles. The molecule has 27 heavy (non-hydrogen) atoms. The largest absolute Gasteiger partial charge is 0.356 e. The molecular weight excluding hydrogens is 358 g/mol. The number of aryl methyl sites for hydroxylation is 2. The van der Waals surface area contributed by atoms with Gasteiger partial charge < -0.3 is 15.5 Å². The minimum absolute atomic E-state index is 0.221. The van der Waals surface area contributed by atoms with E-state index >= 15 is 0 Å². The highest BCUT2D eigenvalue weighted by Crippen LogP contribution is 2.21. The zero-order valence-electron chi connectivity index (χ0n) is 16.0. The zero-order chi connectivity index (χ0) is 19.1. The Morgan fingerprint density at radius 1 is 1.30 bits per heavy atom. The molecule has 6 nitrogen and oxygen atoms in total. The van der Waals surface area contributed by atoms with Crippen molar-refractivity contribution in [1.29, 1.82) is 0 Å². The van der Waals surface area contributed by atoms with Gasteiger partial charge in [0.1, 0.15) is 0 Å². The van der Waals surface area contributed by atoms with Crippen molar-refractivity contribution >= 4 is 28.9 Å². The second kappa shape index (κ2) is 9.50. The molecule has 2 N–H and O–H groups in total. The predicted octanol–water partition coefficient (Wildman–Crippen LogP) is 2.88. The number of aliphatic imine (C=N–C) groups is 1. The van der Waals surface area contributed by atoms with Gasteiger partial charge in [-0.05, 0) is 37.5 Å². The standard InChI is InChI=1S/C20H27N5OS/c1-15-14-27-18(24-15)5-3-11-22-20(21-2)23-13-16-7-9-17(10-8-16)25-12-4-6-19(25)26/h7-10,14H,3-6,11-13H2,1-2H3,(H2,21,22,23). The summed E-state index contributed by atoms with van der Waals surface area (Å²) in [6.45, 7) is 4.40. The van der Waals surface area contributed by atoms with Crippen LogP contribution in [0.2, 0.25) is 0 Å². The molecule has 1 aliphatic heterocycles. The van der Waals surface area contributed by atoms with E-state index in [9.17, 15) is 4.79 Å². The molecule has 1 amide bonds. The van der Waals surface area contributed by atoms with Crippen molar-refractivity contribution in [2.24, 2.45) is 4.99 Å². The number of benzene rings is 1. The third-order valence-electron chi connectivity index (χ3n) is 4.53. The molecule has 1 aliphatic rings. The van der Waals surface area contributed by atoms with E-state index in [1.54, 1.807) is 18.4 Å². The number of hydrogen-bond donors (Lipinski definition) is 2. The van der Waals surface area contributed by atoms with Crippen LogP contribution in [0.5, 0.6) is 0 Å². The van der Waals surface area contributed by atoms with Crippen LogP contribution in [-0.2, 0) is 17.8 Å². The molecular formula is C20H27N5OS. The van der Waals surface area contributed by atoms with E-state index in [2.05, 4.69) is 38.1 Å². The van der Waals surface area contributed by atoms with E-state index in [4.69, 9.17) is 0 Å². The summed E-state index contributed by atoms with van der Waals surface area (Å²) in [6.07, 6.45) is 3.62. The van der Waals surface area contributed by atoms with Crippen LogP contribution < -0.4 is 15.5 Å². The topological polar surface area (TPSA) is 69.6 Å². The Hall–Kier alpha value is -2.41. The molecule has 0 spiro atoms. The average molecular weight is 386 g/mol. The van der Waals surface area contributed by atoms with Gasteiger partial charge in [-0.3, -0.25) is 9.79 Å². The SMILES string of the molecule is CN=C(NCCCc1nc(C)cs1)NCc1ccc(N2CCCC2=O)cc1. The van der Waals surface area contributed by atoms with Crippen LogP contribution in [0.1, 0.15) is 35.5 Å². The van der Waals surface area contributed by atoms with Gasteiger partial charge >= 0.3 is 0 Å². The molecule has 7 heteroatoms. The average Bonchev–Trinajstić information content (AvgIpc) is 3.29. The highest BCUT2D eigenvalue weighted by molar-refractivity contribution is 7.09. The number of nitrogens with one attached hydrogen (secondary N) is 2. The van der Waals surface area contributed by atoms with Crippen molar-refractivity contribution in [3.8, 4) is 0 Å². The highest BCUT2D eigenvalue weighted by Gasteiger charge is 2.21. The quantitative estimate of drug-likeness (QED) is 0.437. The summed E-state index contributed by atoms with van der Waals surface area (Å²) in [4.78, 5) is 22.4. The second-order valence-corrected chi connectivity index (χ2v) is 7.60. The third-order valence-corrected chi connectivity index (χ3v) is 5.56. The number of carbonyl (C=O) groups is 1. The van der Waals surface area contributed by atoms with Gasteiger partial charge in [-0.1, -0.05) is 12.1 Å². The number of amides is 1. The third kappa shape index (κ3) is 5.53. The van der Waals surface area contributed by atoms with Crippen LogP contribution in [0.15, 0.2) is 34.6 Å². The maximum Gasteiger partial charge on any atom is 0.227 e. The molecule has 1 aromatic heterocycles. The van der Waals surface area contributed by atoms with E-state index in [0.29, 0.717) is 13.0 Å². The smallest absolute Gasteiger partial charge is 0.227 e. The first kappa shape index (κ1) is 19.4. The Bertz CT molecular complexity index is 784. The number of nitrogens with zero attached hydrogens (tertiary/aromatic N) is 3. The molecule has 0 bridgehead atoms. The maximum absolute atomic E-state index is 11.8. The lowest BCUT2D eigenvalue weighted by atomic mass is 10.2. The summed E-state index contributed by atoms with van der Waals surface area (Å²) < 4.78 is 0. The van der Waals surface area contributed by atoms with Crippen molar-refractivity contribution < 1.29 is 4.79 Å². The van der Waals surface area contributed by atoms with Gasteiger partial charge in [0.25, 0.3) is 0 Å². The Morgan fingerprint density at radius 2 is 2.11 bits per heavy atom. The molecule has 2 heterocycles. The van der Waals surface area contributed by atoms with Crippen molar-refractivity contribution in [2.45, 2.75) is 39.2 Å². The summed E-state index contributed by atoms with van der Waals surface area (Å²) in [5.41, 5.74) is 3.24. The summed E-state index contributed by atoms with van der Waals surface area (Å²) in [5.74, 6) is 1.02. The van der Waals surface area contributed by atoms with Crippen LogP contribution in [0.3, 0.4) is 0 Å². The second-order valence-electron chi connectivity index (χ2n) is 6.65. The van der Waals surface area contributed by atoms with E-state index < -0.39 is 0 Å². The van der Waals surface area contributed by atoms with E-state index in [1.807, 2.05) is 24.0 Å². The summed E-state index contributed by atoms with van der Waals surface area (Å²) in [7, 11) is 1.78. The number of anilines is 1. The molecule has 1 fully saturated rings. The fraction of sp³-hybridized carbons (Fsp3) is 0.450. The lowest BCUT2D eigenvalue weighted by Gasteiger charge is -2.16. The number of carbonyl (C=O) groups excluding carboxylic acids is 1. The molecule has 0 radical (unpaired) electrons. The van der Waals surface area contributed by atoms with Crippen molar-refractivity contribution in [3.05, 3.63) is 45.9 Å². The molecule has 0 atom stereocenters. The Labute approximate surface area is 164 Å². The van der Waals surface area contributed by atoms with Crippen LogP contribution in [0.25, 0.3) is 0 Å². The Balaban J connectivity index is 1.40. The first-order valence-electron chi connectivity index (χ1n) is 9.40. The fourth-order valence-electron chi connectivity index (χ4n) is 3.09. The summed E-state index contributed by atoms with van der Waals surface area (Å²) >= 11 is 1.72. The van der Waals surface area contributed by atoms with Crippen LogP contribution >= 0.6 is 11.3 Å². The Morgan fingerprint density at radius 3 is 2.74 bits per heavy atom. The summed E-state index contributed by atoms with van der Waals surface area (Å²) in [6, 6.07) is 8.16. The number of guanidine groups is 1.